The highest BCUT2D eigenvalue weighted by atomic mass is 19.1. The van der Waals surface area contributed by atoms with E-state index in [-0.39, 0.29) is 16.9 Å². The third-order valence-corrected chi connectivity index (χ3v) is 2.08. The first-order valence-electron chi connectivity index (χ1n) is 4.32. The number of Topliss-reactive ketones (excluding diaryl/α,β-unsaturated/α-hetero) is 1. The van der Waals surface area contributed by atoms with Crippen LogP contribution in [0.3, 0.4) is 0 Å². The van der Waals surface area contributed by atoms with E-state index in [1.165, 1.54) is 25.1 Å². The van der Waals surface area contributed by atoms with Crippen LogP contribution in [-0.2, 0) is 0 Å². The second-order valence-corrected chi connectivity index (χ2v) is 3.18. The van der Waals surface area contributed by atoms with Gasteiger partial charge in [0.15, 0.2) is 5.78 Å². The number of halogens is 1. The highest BCUT2D eigenvalue weighted by molar-refractivity contribution is 6.05. The summed E-state index contributed by atoms with van der Waals surface area (Å²) in [6.45, 7) is 1.32. The van der Waals surface area contributed by atoms with Crippen molar-refractivity contribution in [3.63, 3.8) is 0 Å². The van der Waals surface area contributed by atoms with Crippen LogP contribution in [0.1, 0.15) is 17.3 Å². The zero-order valence-corrected chi connectivity index (χ0v) is 7.91. The normalized spacial score (nSPS) is 10.5. The first-order valence-corrected chi connectivity index (χ1v) is 4.32. The van der Waals surface area contributed by atoms with Gasteiger partial charge >= 0.3 is 5.63 Å². The van der Waals surface area contributed by atoms with Gasteiger partial charge in [-0.15, -0.1) is 0 Å². The third-order valence-electron chi connectivity index (χ3n) is 2.08. The molecule has 15 heavy (non-hydrogen) atoms. The average molecular weight is 206 g/mol. The highest BCUT2D eigenvalue weighted by Crippen LogP contribution is 2.18. The number of benzene rings is 1. The van der Waals surface area contributed by atoms with Crippen molar-refractivity contribution in [3.8, 4) is 0 Å². The van der Waals surface area contributed by atoms with Gasteiger partial charge in [0.1, 0.15) is 11.4 Å². The second kappa shape index (κ2) is 3.31. The molecule has 0 fully saturated rings. The van der Waals surface area contributed by atoms with E-state index in [4.69, 9.17) is 4.42 Å². The van der Waals surface area contributed by atoms with Crippen molar-refractivity contribution in [2.24, 2.45) is 0 Å². The number of fused-ring (bicyclic) bond motifs is 1. The molecule has 76 valence electrons. The average Bonchev–Trinajstić information content (AvgIpc) is 2.17. The van der Waals surface area contributed by atoms with Crippen LogP contribution >= 0.6 is 0 Å². The summed E-state index contributed by atoms with van der Waals surface area (Å²) in [6, 6.07) is 4.76. The number of ketones is 1. The Bertz CT molecular complexity index is 598. The Balaban J connectivity index is 2.94. The summed E-state index contributed by atoms with van der Waals surface area (Å²) in [5, 5.41) is 0.321. The fourth-order valence-electron chi connectivity index (χ4n) is 1.43. The highest BCUT2D eigenvalue weighted by Gasteiger charge is 2.09. The molecule has 0 aliphatic carbocycles. The van der Waals surface area contributed by atoms with Crippen LogP contribution in [0.15, 0.2) is 33.5 Å². The summed E-state index contributed by atoms with van der Waals surface area (Å²) >= 11 is 0. The largest absolute Gasteiger partial charge is 0.423 e. The van der Waals surface area contributed by atoms with Crippen molar-refractivity contribution in [2.75, 3.05) is 0 Å². The standard InChI is InChI=1S/C11H7FO3/c1-6(13)8-5-11(14)15-10-3-2-7(12)4-9(8)10/h2-5H,1H3. The Morgan fingerprint density at radius 3 is 2.73 bits per heavy atom. The maximum atomic E-state index is 12.9. The van der Waals surface area contributed by atoms with Crippen LogP contribution in [0.2, 0.25) is 0 Å². The molecule has 0 amide bonds. The molecule has 3 nitrogen and oxygen atoms in total. The van der Waals surface area contributed by atoms with Gasteiger partial charge in [0.05, 0.1) is 0 Å². The van der Waals surface area contributed by atoms with Crippen molar-refractivity contribution in [3.05, 3.63) is 46.1 Å². The number of carbonyl (C=O) groups excluding carboxylic acids is 1. The molecule has 0 aliphatic rings. The summed E-state index contributed by atoms with van der Waals surface area (Å²) in [5.74, 6) is -0.766. The minimum atomic E-state index is -0.612. The lowest BCUT2D eigenvalue weighted by atomic mass is 10.1. The molecule has 0 saturated carbocycles. The Morgan fingerprint density at radius 2 is 2.07 bits per heavy atom. The molecule has 0 N–H and O–H groups in total. The number of carbonyl (C=O) groups is 1. The molecule has 0 unspecified atom stereocenters. The lowest BCUT2D eigenvalue weighted by molar-refractivity contribution is 0.101. The minimum Gasteiger partial charge on any atom is -0.423 e. The minimum absolute atomic E-state index is 0.181. The molecular weight excluding hydrogens is 199 g/mol. The molecule has 0 aliphatic heterocycles. The lowest BCUT2D eigenvalue weighted by Gasteiger charge is -2.01. The lowest BCUT2D eigenvalue weighted by Crippen LogP contribution is -2.04. The molecule has 2 aromatic rings. The summed E-state index contributed by atoms with van der Waals surface area (Å²) in [4.78, 5) is 22.3. The molecule has 4 heteroatoms. The van der Waals surface area contributed by atoms with Crippen LogP contribution in [0.4, 0.5) is 4.39 Å². The first-order chi connectivity index (χ1) is 7.08. The van der Waals surface area contributed by atoms with Gasteiger partial charge in [-0.25, -0.2) is 9.18 Å². The zero-order valence-electron chi connectivity index (χ0n) is 7.91. The summed E-state index contributed by atoms with van der Waals surface area (Å²) in [6.07, 6.45) is 0. The van der Waals surface area contributed by atoms with Crippen LogP contribution in [0, 0.1) is 5.82 Å². The van der Waals surface area contributed by atoms with E-state index in [1.54, 1.807) is 0 Å². The van der Waals surface area contributed by atoms with Gasteiger partial charge in [-0.2, -0.15) is 0 Å². The molecular formula is C11H7FO3. The first kappa shape index (κ1) is 9.58. The van der Waals surface area contributed by atoms with Crippen LogP contribution < -0.4 is 5.63 Å². The topological polar surface area (TPSA) is 47.3 Å². The van der Waals surface area contributed by atoms with Gasteiger partial charge in [-0.3, -0.25) is 4.79 Å². The van der Waals surface area contributed by atoms with E-state index in [0.717, 1.165) is 6.07 Å². The quantitative estimate of drug-likeness (QED) is 0.530. The molecule has 0 bridgehead atoms. The van der Waals surface area contributed by atoms with E-state index < -0.39 is 11.4 Å². The van der Waals surface area contributed by atoms with Crippen LogP contribution in [0.5, 0.6) is 0 Å². The van der Waals surface area contributed by atoms with Crippen molar-refractivity contribution in [1.29, 1.82) is 0 Å². The molecule has 1 aromatic heterocycles. The molecule has 1 heterocycles. The van der Waals surface area contributed by atoms with Crippen molar-refractivity contribution >= 4 is 16.8 Å². The Labute approximate surface area is 84.1 Å². The van der Waals surface area contributed by atoms with Crippen molar-refractivity contribution < 1.29 is 13.6 Å². The van der Waals surface area contributed by atoms with E-state index in [1.807, 2.05) is 0 Å². The third kappa shape index (κ3) is 1.66. The maximum Gasteiger partial charge on any atom is 0.336 e. The Hall–Kier alpha value is -1.97. The van der Waals surface area contributed by atoms with Crippen LogP contribution in [-0.4, -0.2) is 5.78 Å². The number of rotatable bonds is 1. The van der Waals surface area contributed by atoms with Gasteiger partial charge in [-0.05, 0) is 25.1 Å². The van der Waals surface area contributed by atoms with Gasteiger partial charge < -0.3 is 4.42 Å². The Morgan fingerprint density at radius 1 is 1.33 bits per heavy atom. The molecule has 2 rings (SSSR count). The van der Waals surface area contributed by atoms with Crippen molar-refractivity contribution in [2.45, 2.75) is 6.92 Å². The van der Waals surface area contributed by atoms with Gasteiger partial charge in [0, 0.05) is 17.0 Å². The Kier molecular flexibility index (Phi) is 2.11. The molecule has 1 aromatic carbocycles. The molecule has 0 spiro atoms. The van der Waals surface area contributed by atoms with E-state index in [0.29, 0.717) is 5.39 Å². The van der Waals surface area contributed by atoms with E-state index in [9.17, 15) is 14.0 Å². The van der Waals surface area contributed by atoms with Crippen LogP contribution in [0.25, 0.3) is 11.0 Å². The predicted molar refractivity (Wildman–Crippen MR) is 52.4 cm³/mol. The van der Waals surface area contributed by atoms with E-state index >= 15 is 0 Å². The smallest absolute Gasteiger partial charge is 0.336 e. The number of hydrogen-bond donors (Lipinski definition) is 0. The molecule has 0 radical (unpaired) electrons. The van der Waals surface area contributed by atoms with E-state index in [2.05, 4.69) is 0 Å². The van der Waals surface area contributed by atoms with Gasteiger partial charge in [-0.1, -0.05) is 0 Å². The van der Waals surface area contributed by atoms with Gasteiger partial charge in [0.25, 0.3) is 0 Å². The summed E-state index contributed by atoms with van der Waals surface area (Å²) in [7, 11) is 0. The fourth-order valence-corrected chi connectivity index (χ4v) is 1.43. The SMILES string of the molecule is CC(=O)c1cc(=O)oc2ccc(F)cc12. The molecule has 0 atom stereocenters. The summed E-state index contributed by atoms with van der Waals surface area (Å²) < 4.78 is 17.8. The zero-order chi connectivity index (χ0) is 11.0. The monoisotopic (exact) mass is 206 g/mol. The fraction of sp³-hybridized carbons (Fsp3) is 0.0909. The number of hydrogen-bond acceptors (Lipinski definition) is 3. The maximum absolute atomic E-state index is 12.9. The molecule has 0 saturated heterocycles. The van der Waals surface area contributed by atoms with Crippen molar-refractivity contribution in [1.82, 2.24) is 0 Å². The summed E-state index contributed by atoms with van der Waals surface area (Å²) in [5.41, 5.74) is -0.214. The predicted octanol–water partition coefficient (Wildman–Crippen LogP) is 2.13. The van der Waals surface area contributed by atoms with Gasteiger partial charge in [0.2, 0.25) is 0 Å². The second-order valence-electron chi connectivity index (χ2n) is 3.18.